The van der Waals surface area contributed by atoms with E-state index >= 15 is 0 Å². The Labute approximate surface area is 243 Å². The molecule has 16 heteroatoms. The highest BCUT2D eigenvalue weighted by atomic mass is 31.2. The number of hydrogen-bond acceptors (Lipinski definition) is 9. The van der Waals surface area contributed by atoms with E-state index in [4.69, 9.17) is 14.1 Å². The van der Waals surface area contributed by atoms with Crippen LogP contribution >= 0.6 is 7.82 Å². The number of carbonyl (C=O) groups excluding carboxylic acids is 2. The number of nitrogens with zero attached hydrogens (tertiary/aromatic N) is 3. The van der Waals surface area contributed by atoms with Crippen molar-refractivity contribution in [3.63, 3.8) is 0 Å². The third kappa shape index (κ3) is 6.71. The molecule has 2 aromatic carbocycles. The number of hydrogen-bond donors (Lipinski definition) is 2. The summed E-state index contributed by atoms with van der Waals surface area (Å²) in [6.07, 6.45) is -2.50. The van der Waals surface area contributed by atoms with Gasteiger partial charge in [-0.05, 0) is 47.9 Å². The smallest absolute Gasteiger partial charge is 0.484 e. The Morgan fingerprint density at radius 2 is 1.84 bits per heavy atom. The number of hydroxylamine groups is 1. The number of ether oxygens (including phenoxy) is 2. The largest absolute Gasteiger partial charge is 0.494 e. The van der Waals surface area contributed by atoms with E-state index in [1.165, 1.54) is 6.07 Å². The van der Waals surface area contributed by atoms with Gasteiger partial charge in [0.1, 0.15) is 17.0 Å². The number of aromatic nitrogens is 2. The Hall–Kier alpha value is -3.88. The molecule has 2 aliphatic rings. The van der Waals surface area contributed by atoms with Crippen LogP contribution in [0.5, 0.6) is 5.75 Å². The molecular weight excluding hydrogens is 596 g/mol. The van der Waals surface area contributed by atoms with Crippen LogP contribution in [0.3, 0.4) is 0 Å². The highest BCUT2D eigenvalue weighted by Crippen LogP contribution is 2.49. The van der Waals surface area contributed by atoms with E-state index in [1.807, 2.05) is 6.92 Å². The van der Waals surface area contributed by atoms with Crippen molar-refractivity contribution in [1.29, 1.82) is 0 Å². The monoisotopic (exact) mass is 622 g/mol. The van der Waals surface area contributed by atoms with Crippen LogP contribution < -0.4 is 15.1 Å². The third-order valence-electron chi connectivity index (χ3n) is 7.00. The molecule has 2 amide bonds. The van der Waals surface area contributed by atoms with E-state index in [-0.39, 0.29) is 23.4 Å². The Balaban J connectivity index is 1.48. The molecule has 1 aromatic heterocycles. The topological polar surface area (TPSA) is 149 Å². The van der Waals surface area contributed by atoms with Gasteiger partial charge in [-0.15, -0.1) is 0 Å². The third-order valence-corrected chi connectivity index (χ3v) is 7.83. The van der Waals surface area contributed by atoms with Gasteiger partial charge in [-0.3, -0.25) is 14.1 Å². The summed E-state index contributed by atoms with van der Waals surface area (Å²) < 4.78 is 72.1. The fraction of sp³-hybridized carbons (Fsp3) is 0.333. The van der Waals surface area contributed by atoms with Gasteiger partial charge >= 0.3 is 14.0 Å². The molecule has 3 heterocycles. The zero-order valence-electron chi connectivity index (χ0n) is 22.9. The number of amides is 2. The fourth-order valence-electron chi connectivity index (χ4n) is 4.74. The molecular formula is C27H26F3N4O8P. The summed E-state index contributed by atoms with van der Waals surface area (Å²) in [4.78, 5) is 42.4. The Morgan fingerprint density at radius 1 is 1.14 bits per heavy atom. The minimum absolute atomic E-state index is 0.0906. The van der Waals surface area contributed by atoms with Crippen molar-refractivity contribution in [2.75, 3.05) is 30.7 Å². The second-order valence-corrected chi connectivity index (χ2v) is 11.4. The molecule has 228 valence electrons. The molecule has 43 heavy (non-hydrogen) atoms. The van der Waals surface area contributed by atoms with Crippen LogP contribution in [0.25, 0.3) is 11.1 Å². The van der Waals surface area contributed by atoms with Crippen molar-refractivity contribution in [3.8, 4) is 16.9 Å². The maximum atomic E-state index is 13.3. The Kier molecular flexibility index (Phi) is 8.29. The predicted molar refractivity (Wildman–Crippen MR) is 145 cm³/mol. The van der Waals surface area contributed by atoms with Crippen LogP contribution in [0.4, 0.5) is 24.5 Å². The second-order valence-electron chi connectivity index (χ2n) is 9.95. The number of anilines is 2. The number of fused-ring (bicyclic) bond motifs is 1. The molecule has 2 N–H and O–H groups in total. The molecule has 0 saturated carbocycles. The zero-order chi connectivity index (χ0) is 31.0. The van der Waals surface area contributed by atoms with Crippen molar-refractivity contribution < 1.29 is 50.8 Å². The zero-order valence-corrected chi connectivity index (χ0v) is 23.8. The average molecular weight is 622 g/mol. The predicted octanol–water partition coefficient (Wildman–Crippen LogP) is 5.07. The van der Waals surface area contributed by atoms with Gasteiger partial charge in [-0.2, -0.15) is 22.9 Å². The standard InChI is InChI=1S/C27H26F3N4O8P/c1-16-3-5-19(33-24(36)18-14-31-25(32-15-18)27(28,29)30)12-20(16)17-4-6-21-22(11-17)41-26(7-9-40-10-8-26)13-23(35)34(21)42-43(37,38)39-2/h3-6,11-12,14-15H,7-10,13H2,1-2H3,(H,33,36)(H,37,38). The lowest BCUT2D eigenvalue weighted by atomic mass is 9.90. The van der Waals surface area contributed by atoms with Crippen LogP contribution in [0.1, 0.15) is 41.0 Å². The molecule has 3 aromatic rings. The first-order chi connectivity index (χ1) is 20.3. The summed E-state index contributed by atoms with van der Waals surface area (Å²) in [7, 11) is -3.65. The van der Waals surface area contributed by atoms with E-state index in [9.17, 15) is 32.2 Å². The molecule has 1 saturated heterocycles. The Morgan fingerprint density at radius 3 is 2.49 bits per heavy atom. The summed E-state index contributed by atoms with van der Waals surface area (Å²) in [5, 5.41) is 3.34. The van der Waals surface area contributed by atoms with Crippen LogP contribution in [0.15, 0.2) is 48.8 Å². The summed E-state index contributed by atoms with van der Waals surface area (Å²) in [5.41, 5.74) is 1.38. The molecule has 5 rings (SSSR count). The molecule has 2 aliphatic heterocycles. The first kappa shape index (κ1) is 30.6. The van der Waals surface area contributed by atoms with E-state index in [0.29, 0.717) is 47.9 Å². The lowest BCUT2D eigenvalue weighted by Gasteiger charge is -2.35. The minimum atomic E-state index is -4.74. The summed E-state index contributed by atoms with van der Waals surface area (Å²) in [6.45, 7) is 2.53. The van der Waals surface area contributed by atoms with E-state index < -0.39 is 37.2 Å². The van der Waals surface area contributed by atoms with E-state index in [0.717, 1.165) is 25.1 Å². The van der Waals surface area contributed by atoms with Crippen LogP contribution in [0, 0.1) is 6.92 Å². The van der Waals surface area contributed by atoms with Gasteiger partial charge < -0.3 is 19.7 Å². The number of carbonyl (C=O) groups is 2. The number of halogens is 3. The number of aryl methyl sites for hydroxylation is 1. The molecule has 1 unspecified atom stereocenters. The van der Waals surface area contributed by atoms with Crippen molar-refractivity contribution >= 4 is 31.0 Å². The Bertz CT molecular complexity index is 1600. The summed E-state index contributed by atoms with van der Waals surface area (Å²) in [5.74, 6) is -2.47. The normalized spacial score (nSPS) is 17.9. The highest BCUT2D eigenvalue weighted by molar-refractivity contribution is 7.47. The quantitative estimate of drug-likeness (QED) is 0.357. The summed E-state index contributed by atoms with van der Waals surface area (Å²) >= 11 is 0. The first-order valence-corrected chi connectivity index (χ1v) is 14.4. The molecule has 1 atom stereocenters. The first-order valence-electron chi connectivity index (χ1n) is 12.9. The molecule has 1 fully saturated rings. The molecule has 1 spiro atoms. The number of rotatable bonds is 6. The van der Waals surface area contributed by atoms with Crippen LogP contribution in [-0.4, -0.2) is 52.6 Å². The summed E-state index contributed by atoms with van der Waals surface area (Å²) in [6, 6.07) is 9.80. The number of nitrogens with one attached hydrogen (secondary N) is 1. The van der Waals surface area contributed by atoms with Crippen LogP contribution in [-0.2, 0) is 29.4 Å². The van der Waals surface area contributed by atoms with Gasteiger partial charge in [-0.1, -0.05) is 12.1 Å². The van der Waals surface area contributed by atoms with Crippen molar-refractivity contribution in [3.05, 3.63) is 65.7 Å². The number of benzene rings is 2. The molecule has 0 bridgehead atoms. The van der Waals surface area contributed by atoms with Gasteiger partial charge in [0.25, 0.3) is 11.8 Å². The minimum Gasteiger partial charge on any atom is -0.484 e. The molecule has 0 aliphatic carbocycles. The fourth-order valence-corrected chi connectivity index (χ4v) is 5.19. The number of phosphoric acid groups is 1. The van der Waals surface area contributed by atoms with Gasteiger partial charge in [-0.25, -0.2) is 14.5 Å². The van der Waals surface area contributed by atoms with Gasteiger partial charge in [0, 0.05) is 38.0 Å². The lowest BCUT2D eigenvalue weighted by Crippen LogP contribution is -2.44. The average Bonchev–Trinajstić information content (AvgIpc) is 3.07. The lowest BCUT2D eigenvalue weighted by molar-refractivity contribution is -0.145. The van der Waals surface area contributed by atoms with E-state index in [1.54, 1.807) is 30.3 Å². The molecule has 0 radical (unpaired) electrons. The van der Waals surface area contributed by atoms with Crippen molar-refractivity contribution in [2.45, 2.75) is 38.0 Å². The van der Waals surface area contributed by atoms with Crippen molar-refractivity contribution in [2.24, 2.45) is 0 Å². The maximum Gasteiger partial charge on any atom is 0.494 e. The maximum absolute atomic E-state index is 13.3. The van der Waals surface area contributed by atoms with Gasteiger partial charge in [0.15, 0.2) is 0 Å². The van der Waals surface area contributed by atoms with Gasteiger partial charge in [0.2, 0.25) is 5.82 Å². The highest BCUT2D eigenvalue weighted by Gasteiger charge is 2.44. The van der Waals surface area contributed by atoms with E-state index in [2.05, 4.69) is 19.8 Å². The SMILES string of the molecule is COP(=O)(O)ON1C(=O)CC2(CCOCC2)Oc2cc(-c3cc(NC(=O)c4cnc(C(F)(F)F)nc4)ccc3C)ccc21. The van der Waals surface area contributed by atoms with Gasteiger partial charge in [0.05, 0.1) is 25.2 Å². The second kappa shape index (κ2) is 11.7. The van der Waals surface area contributed by atoms with Crippen LogP contribution in [0.2, 0.25) is 0 Å². The molecule has 12 nitrogen and oxygen atoms in total. The number of phosphoric ester groups is 1. The van der Waals surface area contributed by atoms with Crippen molar-refractivity contribution in [1.82, 2.24) is 9.97 Å². The number of alkyl halides is 3.